The Balaban J connectivity index is 1.54. The van der Waals surface area contributed by atoms with E-state index in [2.05, 4.69) is 16.8 Å². The van der Waals surface area contributed by atoms with Crippen molar-refractivity contribution in [3.05, 3.63) is 107 Å². The largest absolute Gasteiger partial charge is 0.507 e. The van der Waals surface area contributed by atoms with Gasteiger partial charge >= 0.3 is 0 Å². The summed E-state index contributed by atoms with van der Waals surface area (Å²) in [7, 11) is 1.63. The van der Waals surface area contributed by atoms with E-state index in [9.17, 15) is 9.90 Å². The number of H-pyrrole nitrogens is 1. The lowest BCUT2D eigenvalue weighted by Gasteiger charge is -2.26. The Morgan fingerprint density at radius 2 is 1.84 bits per heavy atom. The van der Waals surface area contributed by atoms with E-state index >= 15 is 0 Å². The summed E-state index contributed by atoms with van der Waals surface area (Å²) in [5.41, 5.74) is 4.05. The van der Waals surface area contributed by atoms with Gasteiger partial charge in [-0.15, -0.1) is 0 Å². The van der Waals surface area contributed by atoms with E-state index in [1.807, 2.05) is 53.4 Å². The first-order chi connectivity index (χ1) is 18.0. The SMILES string of the molecule is C=CCOc1ccc(C2c3c(-c4cc(Cl)ccc4O)n[nH]c3C(=O)N2CCc2ccc(OC)cc2)cc1. The minimum atomic E-state index is -0.415. The fourth-order valence-corrected chi connectivity index (χ4v) is 4.79. The third-order valence-corrected chi connectivity index (χ3v) is 6.68. The summed E-state index contributed by atoms with van der Waals surface area (Å²) >= 11 is 6.24. The molecule has 0 radical (unpaired) electrons. The predicted molar refractivity (Wildman–Crippen MR) is 142 cm³/mol. The molecule has 0 saturated carbocycles. The molecule has 2 heterocycles. The number of aromatic nitrogens is 2. The van der Waals surface area contributed by atoms with Crippen molar-refractivity contribution in [3.8, 4) is 28.5 Å². The van der Waals surface area contributed by atoms with E-state index in [0.29, 0.717) is 52.9 Å². The van der Waals surface area contributed by atoms with Gasteiger partial charge in [0.05, 0.1) is 13.2 Å². The number of benzene rings is 3. The first-order valence-electron chi connectivity index (χ1n) is 11.8. The Kier molecular flexibility index (Phi) is 6.88. The molecule has 7 nitrogen and oxygen atoms in total. The fraction of sp³-hybridized carbons (Fsp3) is 0.172. The molecule has 0 spiro atoms. The van der Waals surface area contributed by atoms with Crippen LogP contribution in [0.5, 0.6) is 17.2 Å². The number of nitrogens with one attached hydrogen (secondary N) is 1. The van der Waals surface area contributed by atoms with Crippen molar-refractivity contribution in [2.45, 2.75) is 12.5 Å². The Bertz CT molecular complexity index is 1430. The van der Waals surface area contributed by atoms with Crippen molar-refractivity contribution < 1.29 is 19.4 Å². The van der Waals surface area contributed by atoms with Gasteiger partial charge in [0.25, 0.3) is 5.91 Å². The van der Waals surface area contributed by atoms with Crippen molar-refractivity contribution >= 4 is 17.5 Å². The Labute approximate surface area is 219 Å². The van der Waals surface area contributed by atoms with Crippen LogP contribution in [0.3, 0.4) is 0 Å². The lowest BCUT2D eigenvalue weighted by atomic mass is 9.95. The van der Waals surface area contributed by atoms with Crippen LogP contribution in [0, 0.1) is 0 Å². The van der Waals surface area contributed by atoms with Crippen LogP contribution in [0.4, 0.5) is 0 Å². The van der Waals surface area contributed by atoms with Crippen molar-refractivity contribution in [1.29, 1.82) is 0 Å². The van der Waals surface area contributed by atoms with Gasteiger partial charge in [-0.25, -0.2) is 0 Å². The number of hydrogen-bond acceptors (Lipinski definition) is 5. The molecule has 4 aromatic rings. The van der Waals surface area contributed by atoms with Crippen LogP contribution in [-0.2, 0) is 6.42 Å². The Morgan fingerprint density at radius 3 is 2.54 bits per heavy atom. The number of aromatic hydroxyl groups is 1. The zero-order valence-corrected chi connectivity index (χ0v) is 21.0. The van der Waals surface area contributed by atoms with Crippen molar-refractivity contribution in [1.82, 2.24) is 15.1 Å². The van der Waals surface area contributed by atoms with E-state index in [0.717, 1.165) is 16.9 Å². The number of halogens is 1. The molecule has 8 heteroatoms. The van der Waals surface area contributed by atoms with Gasteiger partial charge in [0.2, 0.25) is 0 Å². The number of ether oxygens (including phenoxy) is 2. The molecule has 0 fully saturated rings. The minimum Gasteiger partial charge on any atom is -0.507 e. The van der Waals surface area contributed by atoms with Gasteiger partial charge in [-0.2, -0.15) is 5.10 Å². The number of phenols is 1. The van der Waals surface area contributed by atoms with Gasteiger partial charge < -0.3 is 19.5 Å². The zero-order valence-electron chi connectivity index (χ0n) is 20.3. The van der Waals surface area contributed by atoms with E-state index in [1.165, 1.54) is 6.07 Å². The predicted octanol–water partition coefficient (Wildman–Crippen LogP) is 5.80. The van der Waals surface area contributed by atoms with Crippen LogP contribution in [0.2, 0.25) is 5.02 Å². The highest BCUT2D eigenvalue weighted by Gasteiger charge is 2.42. The molecule has 188 valence electrons. The molecule has 1 atom stereocenters. The summed E-state index contributed by atoms with van der Waals surface area (Å²) in [4.78, 5) is 15.4. The number of carbonyl (C=O) groups is 1. The third-order valence-electron chi connectivity index (χ3n) is 6.44. The lowest BCUT2D eigenvalue weighted by molar-refractivity contribution is 0.0746. The standard InChI is InChI=1S/C29H26ClN3O4/c1-3-16-37-22-11-6-19(7-12-22)28-25-26(23-17-20(30)8-13-24(23)34)31-32-27(25)29(35)33(28)15-14-18-4-9-21(36-2)10-5-18/h3-13,17,28,34H,1,14-16H2,2H3,(H,31,32). The molecule has 5 rings (SSSR count). The normalized spacial score (nSPS) is 14.5. The highest BCUT2D eigenvalue weighted by atomic mass is 35.5. The Morgan fingerprint density at radius 1 is 1.11 bits per heavy atom. The van der Waals surface area contributed by atoms with E-state index in [1.54, 1.807) is 25.3 Å². The second-order valence-electron chi connectivity index (χ2n) is 8.69. The molecule has 1 aliphatic heterocycles. The first-order valence-corrected chi connectivity index (χ1v) is 12.2. The zero-order chi connectivity index (χ0) is 25.9. The number of fused-ring (bicyclic) bond motifs is 1. The topological polar surface area (TPSA) is 87.7 Å². The maximum Gasteiger partial charge on any atom is 0.273 e. The van der Waals surface area contributed by atoms with Crippen LogP contribution in [0.25, 0.3) is 11.3 Å². The van der Waals surface area contributed by atoms with Gasteiger partial charge in [0, 0.05) is 22.7 Å². The van der Waals surface area contributed by atoms with Gasteiger partial charge in [-0.3, -0.25) is 9.89 Å². The average molecular weight is 516 g/mol. The molecule has 0 aliphatic carbocycles. The molecule has 2 N–H and O–H groups in total. The molecule has 1 unspecified atom stereocenters. The summed E-state index contributed by atoms with van der Waals surface area (Å²) in [6, 6.07) is 19.8. The van der Waals surface area contributed by atoms with Gasteiger partial charge in [-0.05, 0) is 60.0 Å². The maximum absolute atomic E-state index is 13.6. The van der Waals surface area contributed by atoms with Crippen molar-refractivity contribution in [2.24, 2.45) is 0 Å². The number of hydrogen-bond donors (Lipinski definition) is 2. The second-order valence-corrected chi connectivity index (χ2v) is 9.13. The van der Waals surface area contributed by atoms with Crippen molar-refractivity contribution in [3.63, 3.8) is 0 Å². The van der Waals surface area contributed by atoms with Crippen molar-refractivity contribution in [2.75, 3.05) is 20.3 Å². The summed E-state index contributed by atoms with van der Waals surface area (Å²) < 4.78 is 10.9. The summed E-state index contributed by atoms with van der Waals surface area (Å²) in [6.45, 7) is 4.57. The number of amides is 1. The van der Waals surface area contributed by atoms with Crippen LogP contribution in [0.1, 0.15) is 33.2 Å². The van der Waals surface area contributed by atoms with Gasteiger partial charge in [0.1, 0.15) is 35.2 Å². The molecule has 3 aromatic carbocycles. The smallest absolute Gasteiger partial charge is 0.273 e. The van der Waals surface area contributed by atoms with E-state index in [4.69, 9.17) is 21.1 Å². The molecular formula is C29H26ClN3O4. The highest BCUT2D eigenvalue weighted by Crippen LogP contribution is 2.45. The minimum absolute atomic E-state index is 0.0368. The van der Waals surface area contributed by atoms with Crippen LogP contribution in [0.15, 0.2) is 79.4 Å². The number of carbonyl (C=O) groups excluding carboxylic acids is 1. The fourth-order valence-electron chi connectivity index (χ4n) is 4.62. The number of methoxy groups -OCH3 is 1. The number of rotatable bonds is 9. The monoisotopic (exact) mass is 515 g/mol. The van der Waals surface area contributed by atoms with Gasteiger partial charge in [-0.1, -0.05) is 48.5 Å². The van der Waals surface area contributed by atoms with Crippen LogP contribution < -0.4 is 9.47 Å². The van der Waals surface area contributed by atoms with Gasteiger partial charge in [0.15, 0.2) is 0 Å². The molecular weight excluding hydrogens is 490 g/mol. The first kappa shape index (κ1) is 24.5. The molecule has 0 bridgehead atoms. The van der Waals surface area contributed by atoms with E-state index < -0.39 is 6.04 Å². The summed E-state index contributed by atoms with van der Waals surface area (Å²) in [5.74, 6) is 1.37. The number of nitrogens with zero attached hydrogens (tertiary/aromatic N) is 2. The quantitative estimate of drug-likeness (QED) is 0.275. The summed E-state index contributed by atoms with van der Waals surface area (Å²) in [5, 5.41) is 18.4. The Hall–Kier alpha value is -4.23. The molecule has 1 aromatic heterocycles. The maximum atomic E-state index is 13.6. The highest BCUT2D eigenvalue weighted by molar-refractivity contribution is 6.31. The van der Waals surface area contributed by atoms with Crippen LogP contribution in [-0.4, -0.2) is 46.4 Å². The number of aromatic amines is 1. The summed E-state index contributed by atoms with van der Waals surface area (Å²) in [6.07, 6.45) is 2.34. The number of phenolic OH excluding ortho intramolecular Hbond substituents is 1. The van der Waals surface area contributed by atoms with Crippen LogP contribution >= 0.6 is 11.6 Å². The molecule has 1 amide bonds. The second kappa shape index (κ2) is 10.4. The third kappa shape index (κ3) is 4.78. The van der Waals surface area contributed by atoms with E-state index in [-0.39, 0.29) is 11.7 Å². The lowest BCUT2D eigenvalue weighted by Crippen LogP contribution is -2.31. The molecule has 0 saturated heterocycles. The average Bonchev–Trinajstić information content (AvgIpc) is 3.47. The molecule has 37 heavy (non-hydrogen) atoms. The molecule has 1 aliphatic rings.